The first-order chi connectivity index (χ1) is 8.31. The Morgan fingerprint density at radius 2 is 2.18 bits per heavy atom. The Kier molecular flexibility index (Phi) is 2.51. The van der Waals surface area contributed by atoms with Crippen LogP contribution in [0.4, 0.5) is 0 Å². The molecule has 0 bridgehead atoms. The van der Waals surface area contributed by atoms with Gasteiger partial charge in [-0.3, -0.25) is 4.79 Å². The number of carbonyl (C=O) groups is 1. The number of hydrogen-bond acceptors (Lipinski definition) is 4. The summed E-state index contributed by atoms with van der Waals surface area (Å²) in [5.74, 6) is 0.0745. The number of amides is 1. The van der Waals surface area contributed by atoms with E-state index in [4.69, 9.17) is 0 Å². The van der Waals surface area contributed by atoms with Gasteiger partial charge in [-0.25, -0.2) is 4.63 Å². The predicted octanol–water partition coefficient (Wildman–Crippen LogP) is 1.43. The number of hydrogen-bond donors (Lipinski definition) is 1. The second-order valence-electron chi connectivity index (χ2n) is 4.46. The molecule has 2 aromatic rings. The minimum atomic E-state index is 0.0745. The topological polar surface area (TPSA) is 68.0 Å². The van der Waals surface area contributed by atoms with Crippen LogP contribution in [0.25, 0.3) is 11.0 Å². The van der Waals surface area contributed by atoms with Crippen molar-refractivity contribution in [2.45, 2.75) is 31.7 Å². The zero-order chi connectivity index (χ0) is 11.7. The molecule has 0 radical (unpaired) electrons. The van der Waals surface area contributed by atoms with E-state index < -0.39 is 0 Å². The van der Waals surface area contributed by atoms with Gasteiger partial charge < -0.3 is 5.32 Å². The first kappa shape index (κ1) is 10.3. The highest BCUT2D eigenvalue weighted by Gasteiger charge is 2.19. The fraction of sp³-hybridized carbons (Fsp3) is 0.417. The van der Waals surface area contributed by atoms with Gasteiger partial charge in [-0.2, -0.15) is 0 Å². The zero-order valence-electron chi connectivity index (χ0n) is 9.35. The number of rotatable bonds is 3. The van der Waals surface area contributed by atoms with Crippen LogP contribution >= 0.6 is 0 Å². The summed E-state index contributed by atoms with van der Waals surface area (Å²) in [6.45, 7) is 0. The molecule has 3 rings (SSSR count). The van der Waals surface area contributed by atoms with Gasteiger partial charge in [0.2, 0.25) is 5.91 Å². The zero-order valence-corrected chi connectivity index (χ0v) is 9.35. The Morgan fingerprint density at radius 1 is 1.35 bits per heavy atom. The fourth-order valence-electron chi connectivity index (χ4n) is 1.95. The maximum Gasteiger partial charge on any atom is 0.224 e. The van der Waals surface area contributed by atoms with E-state index in [2.05, 4.69) is 20.3 Å². The lowest BCUT2D eigenvalue weighted by atomic mass is 9.93. The Labute approximate surface area is 98.1 Å². The minimum absolute atomic E-state index is 0.0745. The quantitative estimate of drug-likeness (QED) is 0.867. The number of benzene rings is 1. The van der Waals surface area contributed by atoms with E-state index in [0.29, 0.717) is 23.5 Å². The van der Waals surface area contributed by atoms with Crippen LogP contribution in [-0.4, -0.2) is 22.3 Å². The predicted molar refractivity (Wildman–Crippen MR) is 61.3 cm³/mol. The van der Waals surface area contributed by atoms with Gasteiger partial charge in [0.25, 0.3) is 0 Å². The standard InChI is InChI=1S/C12H13N3O2/c16-12(13-9-2-1-3-9)7-8-4-5-10-11(6-8)15-17-14-10/h4-6,9H,1-3,7H2,(H,13,16). The molecule has 1 aliphatic carbocycles. The van der Waals surface area contributed by atoms with Gasteiger partial charge in [0.1, 0.15) is 11.0 Å². The van der Waals surface area contributed by atoms with Crippen LogP contribution in [0.5, 0.6) is 0 Å². The summed E-state index contributed by atoms with van der Waals surface area (Å²) in [5, 5.41) is 10.5. The second kappa shape index (κ2) is 4.16. The van der Waals surface area contributed by atoms with Crippen LogP contribution in [0, 0.1) is 0 Å². The van der Waals surface area contributed by atoms with E-state index in [1.807, 2.05) is 18.2 Å². The number of carbonyl (C=O) groups excluding carboxylic acids is 1. The molecule has 1 heterocycles. The number of aromatic nitrogens is 2. The summed E-state index contributed by atoms with van der Waals surface area (Å²) in [5.41, 5.74) is 2.34. The molecule has 0 atom stereocenters. The molecule has 5 nitrogen and oxygen atoms in total. The lowest BCUT2D eigenvalue weighted by molar-refractivity contribution is -0.121. The Balaban J connectivity index is 1.68. The normalized spacial score (nSPS) is 15.8. The average Bonchev–Trinajstić information content (AvgIpc) is 2.71. The van der Waals surface area contributed by atoms with Gasteiger partial charge in [0, 0.05) is 6.04 Å². The van der Waals surface area contributed by atoms with E-state index in [1.165, 1.54) is 6.42 Å². The van der Waals surface area contributed by atoms with Crippen LogP contribution in [-0.2, 0) is 11.2 Å². The van der Waals surface area contributed by atoms with Crippen molar-refractivity contribution < 1.29 is 9.42 Å². The molecule has 0 unspecified atom stereocenters. The molecule has 1 N–H and O–H groups in total. The van der Waals surface area contributed by atoms with E-state index >= 15 is 0 Å². The maximum atomic E-state index is 11.7. The summed E-state index contributed by atoms with van der Waals surface area (Å²) in [7, 11) is 0. The Morgan fingerprint density at radius 3 is 2.94 bits per heavy atom. The van der Waals surface area contributed by atoms with Crippen LogP contribution in [0.15, 0.2) is 22.8 Å². The molecular weight excluding hydrogens is 218 g/mol. The molecule has 0 spiro atoms. The highest BCUT2D eigenvalue weighted by Crippen LogP contribution is 2.18. The summed E-state index contributed by atoms with van der Waals surface area (Å²) in [6.07, 6.45) is 3.83. The average molecular weight is 231 g/mol. The molecule has 5 heteroatoms. The van der Waals surface area contributed by atoms with Crippen molar-refractivity contribution in [3.63, 3.8) is 0 Å². The summed E-state index contributed by atoms with van der Waals surface area (Å²) < 4.78 is 4.62. The molecule has 17 heavy (non-hydrogen) atoms. The fourth-order valence-corrected chi connectivity index (χ4v) is 1.95. The SMILES string of the molecule is O=C(Cc1ccc2nonc2c1)NC1CCC1. The van der Waals surface area contributed by atoms with Crippen molar-refractivity contribution >= 4 is 16.9 Å². The Bertz CT molecular complexity index is 545. The van der Waals surface area contributed by atoms with Crippen molar-refractivity contribution in [1.82, 2.24) is 15.6 Å². The molecule has 1 aromatic heterocycles. The molecule has 1 amide bonds. The highest BCUT2D eigenvalue weighted by atomic mass is 16.6. The van der Waals surface area contributed by atoms with Crippen molar-refractivity contribution in [3.05, 3.63) is 23.8 Å². The summed E-state index contributed by atoms with van der Waals surface area (Å²) >= 11 is 0. The van der Waals surface area contributed by atoms with Gasteiger partial charge in [-0.15, -0.1) is 0 Å². The van der Waals surface area contributed by atoms with E-state index in [1.54, 1.807) is 0 Å². The van der Waals surface area contributed by atoms with E-state index in [0.717, 1.165) is 18.4 Å². The lowest BCUT2D eigenvalue weighted by Crippen LogP contribution is -2.40. The number of nitrogens with one attached hydrogen (secondary N) is 1. The molecule has 1 fully saturated rings. The largest absolute Gasteiger partial charge is 0.353 e. The second-order valence-corrected chi connectivity index (χ2v) is 4.46. The molecule has 1 saturated carbocycles. The van der Waals surface area contributed by atoms with Gasteiger partial charge in [0.05, 0.1) is 6.42 Å². The van der Waals surface area contributed by atoms with Gasteiger partial charge in [-0.05, 0) is 47.3 Å². The maximum absolute atomic E-state index is 11.7. The first-order valence-electron chi connectivity index (χ1n) is 5.82. The third kappa shape index (κ3) is 2.13. The van der Waals surface area contributed by atoms with Gasteiger partial charge in [-0.1, -0.05) is 6.07 Å². The molecular formula is C12H13N3O2. The van der Waals surface area contributed by atoms with Gasteiger partial charge in [0.15, 0.2) is 0 Å². The van der Waals surface area contributed by atoms with Crippen LogP contribution in [0.2, 0.25) is 0 Å². The van der Waals surface area contributed by atoms with Crippen molar-refractivity contribution in [3.8, 4) is 0 Å². The molecule has 1 aliphatic rings. The highest BCUT2D eigenvalue weighted by molar-refractivity contribution is 5.81. The summed E-state index contributed by atoms with van der Waals surface area (Å²) in [6, 6.07) is 5.93. The third-order valence-corrected chi connectivity index (χ3v) is 3.15. The van der Waals surface area contributed by atoms with Gasteiger partial charge >= 0.3 is 0 Å². The number of nitrogens with zero attached hydrogens (tertiary/aromatic N) is 2. The van der Waals surface area contributed by atoms with E-state index in [9.17, 15) is 4.79 Å². The van der Waals surface area contributed by atoms with Crippen molar-refractivity contribution in [2.75, 3.05) is 0 Å². The molecule has 88 valence electrons. The smallest absolute Gasteiger partial charge is 0.224 e. The minimum Gasteiger partial charge on any atom is -0.353 e. The van der Waals surface area contributed by atoms with Crippen LogP contribution in [0.3, 0.4) is 0 Å². The van der Waals surface area contributed by atoms with Crippen LogP contribution < -0.4 is 5.32 Å². The van der Waals surface area contributed by atoms with E-state index in [-0.39, 0.29) is 5.91 Å². The molecule has 0 saturated heterocycles. The Hall–Kier alpha value is -1.91. The first-order valence-corrected chi connectivity index (χ1v) is 5.82. The lowest BCUT2D eigenvalue weighted by Gasteiger charge is -2.26. The molecule has 1 aromatic carbocycles. The van der Waals surface area contributed by atoms with Crippen molar-refractivity contribution in [1.29, 1.82) is 0 Å². The van der Waals surface area contributed by atoms with Crippen molar-refractivity contribution in [2.24, 2.45) is 0 Å². The monoisotopic (exact) mass is 231 g/mol. The van der Waals surface area contributed by atoms with Crippen LogP contribution in [0.1, 0.15) is 24.8 Å². The molecule has 0 aliphatic heterocycles. The summed E-state index contributed by atoms with van der Waals surface area (Å²) in [4.78, 5) is 11.7. The number of fused-ring (bicyclic) bond motifs is 1. The third-order valence-electron chi connectivity index (χ3n) is 3.15.